The van der Waals surface area contributed by atoms with Gasteiger partial charge < -0.3 is 9.16 Å². The number of ketones is 1. The summed E-state index contributed by atoms with van der Waals surface area (Å²) in [5, 5.41) is 0.124. The van der Waals surface area contributed by atoms with Gasteiger partial charge in [0.05, 0.1) is 12.2 Å². The first kappa shape index (κ1) is 30.8. The van der Waals surface area contributed by atoms with Crippen LogP contribution in [0.2, 0.25) is 18.1 Å². The molecule has 0 bridgehead atoms. The predicted molar refractivity (Wildman–Crippen MR) is 145 cm³/mol. The van der Waals surface area contributed by atoms with Crippen molar-refractivity contribution in [2.45, 2.75) is 136 Å². The van der Waals surface area contributed by atoms with Crippen LogP contribution in [0, 0.1) is 11.8 Å². The Morgan fingerprint density at radius 1 is 1.06 bits per heavy atom. The van der Waals surface area contributed by atoms with Gasteiger partial charge in [-0.2, -0.15) is 0 Å². The van der Waals surface area contributed by atoms with Crippen LogP contribution in [0.4, 0.5) is 0 Å². The minimum Gasteiger partial charge on any atom is -0.463 e. The van der Waals surface area contributed by atoms with E-state index in [2.05, 4.69) is 65.1 Å². The van der Waals surface area contributed by atoms with Gasteiger partial charge in [0.1, 0.15) is 5.78 Å². The van der Waals surface area contributed by atoms with Crippen LogP contribution in [0.5, 0.6) is 0 Å². The summed E-state index contributed by atoms with van der Waals surface area (Å²) in [4.78, 5) is 24.7. The molecule has 1 aliphatic carbocycles. The standard InChI is InChI=1S/C29H52O4Si/c1-9-10-11-12-13-17-20-25-24(19-16-14-15-18-21-28(31)32-23(2)3)26(30)22-27(25)33-34(7,8)29(4,5)6/h14,16-17,20,23-25,27H,9-13,15,18-19,21-22H2,1-8H3/b16-14-,20-17+/t24?,25-,27-/m1/s1. The fourth-order valence-electron chi connectivity index (χ4n) is 4.17. The molecule has 0 amide bonds. The third-order valence-corrected chi connectivity index (χ3v) is 11.7. The zero-order valence-electron chi connectivity index (χ0n) is 23.3. The molecule has 0 saturated heterocycles. The predicted octanol–water partition coefficient (Wildman–Crippen LogP) is 8.18. The number of unbranched alkanes of at least 4 members (excludes halogenated alkanes) is 5. The maximum atomic E-state index is 13.0. The van der Waals surface area contributed by atoms with Crippen LogP contribution in [-0.2, 0) is 18.8 Å². The third-order valence-electron chi connectivity index (χ3n) is 7.22. The van der Waals surface area contributed by atoms with Gasteiger partial charge in [-0.05, 0) is 64.1 Å². The lowest BCUT2D eigenvalue weighted by molar-refractivity contribution is -0.147. The van der Waals surface area contributed by atoms with Gasteiger partial charge in [0.25, 0.3) is 0 Å². The molecule has 1 aliphatic rings. The zero-order chi connectivity index (χ0) is 25.8. The normalized spacial score (nSPS) is 21.9. The Kier molecular flexibility index (Phi) is 13.6. The number of hydrogen-bond donors (Lipinski definition) is 0. The van der Waals surface area contributed by atoms with Crippen molar-refractivity contribution in [1.29, 1.82) is 0 Å². The maximum Gasteiger partial charge on any atom is 0.306 e. The minimum absolute atomic E-state index is 0.00973. The summed E-state index contributed by atoms with van der Waals surface area (Å²) in [6.45, 7) is 17.3. The Morgan fingerprint density at radius 3 is 2.35 bits per heavy atom. The smallest absolute Gasteiger partial charge is 0.306 e. The molecule has 34 heavy (non-hydrogen) atoms. The van der Waals surface area contributed by atoms with Crippen molar-refractivity contribution in [1.82, 2.24) is 0 Å². The summed E-state index contributed by atoms with van der Waals surface area (Å²) in [6.07, 6.45) is 18.2. The summed E-state index contributed by atoms with van der Waals surface area (Å²) >= 11 is 0. The lowest BCUT2D eigenvalue weighted by Gasteiger charge is -2.39. The van der Waals surface area contributed by atoms with Crippen LogP contribution in [0.25, 0.3) is 0 Å². The maximum absolute atomic E-state index is 13.0. The lowest BCUT2D eigenvalue weighted by Crippen LogP contribution is -2.45. The summed E-state index contributed by atoms with van der Waals surface area (Å²) in [5.41, 5.74) is 0. The SMILES string of the molecule is CCCCCC/C=C/[C@@H]1C(C/C=C\CCCC(=O)OC(C)C)C(=O)C[C@H]1O[Si](C)(C)C(C)(C)C. The molecule has 0 aromatic carbocycles. The first-order valence-corrected chi connectivity index (χ1v) is 16.5. The number of Topliss-reactive ketones (excluding diaryl/α,β-unsaturated/α-hetero) is 1. The number of rotatable bonds is 15. The number of carbonyl (C=O) groups excluding carboxylic acids is 2. The van der Waals surface area contributed by atoms with Crippen molar-refractivity contribution in [2.24, 2.45) is 11.8 Å². The molecule has 1 fully saturated rings. The topological polar surface area (TPSA) is 52.6 Å². The Labute approximate surface area is 211 Å². The van der Waals surface area contributed by atoms with Crippen molar-refractivity contribution in [3.8, 4) is 0 Å². The van der Waals surface area contributed by atoms with E-state index < -0.39 is 8.32 Å². The third kappa shape index (κ3) is 11.0. The van der Waals surface area contributed by atoms with E-state index in [0.29, 0.717) is 18.6 Å². The molecule has 0 N–H and O–H groups in total. The Hall–Kier alpha value is -1.20. The van der Waals surface area contributed by atoms with Crippen molar-refractivity contribution >= 4 is 20.1 Å². The van der Waals surface area contributed by atoms with E-state index in [1.54, 1.807) is 0 Å². The molecule has 3 atom stereocenters. The Balaban J connectivity index is 2.75. The molecule has 0 heterocycles. The highest BCUT2D eigenvalue weighted by Gasteiger charge is 2.46. The Morgan fingerprint density at radius 2 is 1.74 bits per heavy atom. The second-order valence-corrected chi connectivity index (χ2v) is 16.4. The Bertz CT molecular complexity index is 672. The van der Waals surface area contributed by atoms with Gasteiger partial charge >= 0.3 is 5.97 Å². The van der Waals surface area contributed by atoms with Gasteiger partial charge in [-0.1, -0.05) is 71.3 Å². The highest BCUT2D eigenvalue weighted by Crippen LogP contribution is 2.42. The van der Waals surface area contributed by atoms with Crippen molar-refractivity contribution < 1.29 is 18.8 Å². The minimum atomic E-state index is -1.96. The van der Waals surface area contributed by atoms with Gasteiger partial charge in [0.15, 0.2) is 8.32 Å². The lowest BCUT2D eigenvalue weighted by atomic mass is 9.90. The molecule has 1 unspecified atom stereocenters. The average molecular weight is 493 g/mol. The largest absolute Gasteiger partial charge is 0.463 e. The van der Waals surface area contributed by atoms with Crippen LogP contribution in [-0.4, -0.2) is 32.3 Å². The van der Waals surface area contributed by atoms with E-state index in [-0.39, 0.29) is 35.1 Å². The van der Waals surface area contributed by atoms with Gasteiger partial charge in [-0.25, -0.2) is 0 Å². The van der Waals surface area contributed by atoms with Crippen molar-refractivity contribution in [3.63, 3.8) is 0 Å². The molecule has 0 aliphatic heterocycles. The van der Waals surface area contributed by atoms with Crippen LogP contribution in [0.3, 0.4) is 0 Å². The number of hydrogen-bond acceptors (Lipinski definition) is 4. The van der Waals surface area contributed by atoms with E-state index in [4.69, 9.17) is 9.16 Å². The fraction of sp³-hybridized carbons (Fsp3) is 0.793. The molecule has 0 aromatic rings. The molecule has 1 rings (SSSR count). The summed E-state index contributed by atoms with van der Waals surface area (Å²) in [6, 6.07) is 0. The molecule has 0 spiro atoms. The number of carbonyl (C=O) groups is 2. The zero-order valence-corrected chi connectivity index (χ0v) is 24.3. The van der Waals surface area contributed by atoms with Crippen molar-refractivity contribution in [2.75, 3.05) is 0 Å². The van der Waals surface area contributed by atoms with Crippen molar-refractivity contribution in [3.05, 3.63) is 24.3 Å². The molecule has 0 aromatic heterocycles. The molecule has 196 valence electrons. The second kappa shape index (κ2) is 15.0. The molecule has 4 nitrogen and oxygen atoms in total. The second-order valence-electron chi connectivity index (χ2n) is 11.7. The number of ether oxygens (including phenoxy) is 1. The fourth-order valence-corrected chi connectivity index (χ4v) is 5.52. The van der Waals surface area contributed by atoms with Crippen LogP contribution >= 0.6 is 0 Å². The highest BCUT2D eigenvalue weighted by molar-refractivity contribution is 6.74. The van der Waals surface area contributed by atoms with E-state index in [1.807, 2.05) is 13.8 Å². The first-order chi connectivity index (χ1) is 15.9. The molecule has 0 radical (unpaired) electrons. The van der Waals surface area contributed by atoms with E-state index in [1.165, 1.54) is 25.7 Å². The van der Waals surface area contributed by atoms with Gasteiger partial charge in [-0.15, -0.1) is 0 Å². The van der Waals surface area contributed by atoms with E-state index in [0.717, 1.165) is 25.7 Å². The van der Waals surface area contributed by atoms with Gasteiger partial charge in [0.2, 0.25) is 0 Å². The number of esters is 1. The summed E-state index contributed by atoms with van der Waals surface area (Å²) < 4.78 is 12.0. The molecule has 1 saturated carbocycles. The molecule has 5 heteroatoms. The number of allylic oxidation sites excluding steroid dienone is 3. The monoisotopic (exact) mass is 492 g/mol. The van der Waals surface area contributed by atoms with Crippen LogP contribution < -0.4 is 0 Å². The van der Waals surface area contributed by atoms with Gasteiger partial charge in [-0.3, -0.25) is 9.59 Å². The summed E-state index contributed by atoms with van der Waals surface area (Å²) in [7, 11) is -1.96. The summed E-state index contributed by atoms with van der Waals surface area (Å²) in [5.74, 6) is 0.334. The average Bonchev–Trinajstić information content (AvgIpc) is 2.99. The van der Waals surface area contributed by atoms with E-state index >= 15 is 0 Å². The molecular formula is C29H52O4Si. The van der Waals surface area contributed by atoms with E-state index in [9.17, 15) is 9.59 Å². The quantitative estimate of drug-likeness (QED) is 0.100. The first-order valence-electron chi connectivity index (χ1n) is 13.6. The highest BCUT2D eigenvalue weighted by atomic mass is 28.4. The molecular weight excluding hydrogens is 440 g/mol. The van der Waals surface area contributed by atoms with Crippen LogP contribution in [0.15, 0.2) is 24.3 Å². The van der Waals surface area contributed by atoms with Crippen LogP contribution in [0.1, 0.15) is 106 Å². The van der Waals surface area contributed by atoms with Gasteiger partial charge in [0, 0.05) is 24.7 Å².